The van der Waals surface area contributed by atoms with Crippen LogP contribution in [0.4, 0.5) is 0 Å². The van der Waals surface area contributed by atoms with Gasteiger partial charge in [-0.1, -0.05) is 0 Å². The normalized spacial score (nSPS) is 19.2. The molecule has 4 heterocycles. The second-order valence-corrected chi connectivity index (χ2v) is 5.45. The molecule has 6 heteroatoms. The van der Waals surface area contributed by atoms with Crippen LogP contribution in [0.15, 0.2) is 30.9 Å². The summed E-state index contributed by atoms with van der Waals surface area (Å²) in [7, 11) is 1.91. The molecule has 1 aliphatic rings. The number of aryl methyl sites for hydroxylation is 1. The summed E-state index contributed by atoms with van der Waals surface area (Å²) >= 11 is 0. The number of nitrogens with zero attached hydrogens (tertiary/aromatic N) is 5. The van der Waals surface area contributed by atoms with Crippen molar-refractivity contribution in [3.05, 3.63) is 30.9 Å². The minimum Gasteiger partial charge on any atom is -0.356 e. The van der Waals surface area contributed by atoms with Gasteiger partial charge in [-0.15, -0.1) is 0 Å². The average Bonchev–Trinajstić information content (AvgIpc) is 3.13. The van der Waals surface area contributed by atoms with Gasteiger partial charge in [-0.3, -0.25) is 4.68 Å². The highest BCUT2D eigenvalue weighted by atomic mass is 16.5. The van der Waals surface area contributed by atoms with E-state index in [1.807, 2.05) is 36.5 Å². The van der Waals surface area contributed by atoms with Gasteiger partial charge in [0, 0.05) is 42.6 Å². The van der Waals surface area contributed by atoms with Gasteiger partial charge in [0.2, 0.25) is 0 Å². The summed E-state index contributed by atoms with van der Waals surface area (Å²) in [5.74, 6) is 0. The summed E-state index contributed by atoms with van der Waals surface area (Å²) in [6.07, 6.45) is 10.9. The van der Waals surface area contributed by atoms with Gasteiger partial charge in [-0.25, -0.2) is 9.67 Å². The predicted octanol–water partition coefficient (Wildman–Crippen LogP) is 2.53. The first-order valence-electron chi connectivity index (χ1n) is 7.25. The fourth-order valence-corrected chi connectivity index (χ4v) is 2.80. The Morgan fingerprint density at radius 1 is 1.14 bits per heavy atom. The topological polar surface area (TPSA) is 57.8 Å². The van der Waals surface area contributed by atoms with Crippen molar-refractivity contribution < 1.29 is 4.74 Å². The SMILES string of the molecule is Cn1cc(-c2cnc3c(cnn3C3CCCCO3)c2)cn1. The van der Waals surface area contributed by atoms with Gasteiger partial charge in [-0.05, 0) is 25.3 Å². The van der Waals surface area contributed by atoms with E-state index in [0.29, 0.717) is 0 Å². The highest BCUT2D eigenvalue weighted by Crippen LogP contribution is 2.27. The van der Waals surface area contributed by atoms with Crippen molar-refractivity contribution in [2.24, 2.45) is 7.05 Å². The van der Waals surface area contributed by atoms with E-state index < -0.39 is 0 Å². The summed E-state index contributed by atoms with van der Waals surface area (Å²) in [6, 6.07) is 2.10. The van der Waals surface area contributed by atoms with Crippen LogP contribution in [-0.2, 0) is 11.8 Å². The van der Waals surface area contributed by atoms with Gasteiger partial charge in [0.1, 0.15) is 0 Å². The Labute approximate surface area is 122 Å². The summed E-state index contributed by atoms with van der Waals surface area (Å²) < 4.78 is 9.49. The number of rotatable bonds is 2. The number of hydrogen-bond acceptors (Lipinski definition) is 4. The zero-order valence-electron chi connectivity index (χ0n) is 11.9. The van der Waals surface area contributed by atoms with Crippen molar-refractivity contribution in [3.8, 4) is 11.1 Å². The van der Waals surface area contributed by atoms with Gasteiger partial charge in [0.25, 0.3) is 0 Å². The summed E-state index contributed by atoms with van der Waals surface area (Å²) in [4.78, 5) is 4.59. The van der Waals surface area contributed by atoms with E-state index in [1.54, 1.807) is 4.68 Å². The molecule has 0 N–H and O–H groups in total. The Balaban J connectivity index is 1.73. The monoisotopic (exact) mass is 283 g/mol. The minimum absolute atomic E-state index is 0.0213. The number of aromatic nitrogens is 5. The van der Waals surface area contributed by atoms with Gasteiger partial charge in [0.15, 0.2) is 11.9 Å². The van der Waals surface area contributed by atoms with Crippen molar-refractivity contribution in [1.82, 2.24) is 24.5 Å². The maximum absolute atomic E-state index is 5.80. The Morgan fingerprint density at radius 3 is 2.86 bits per heavy atom. The first-order chi connectivity index (χ1) is 10.3. The fraction of sp³-hybridized carbons (Fsp3) is 0.400. The molecule has 3 aromatic heterocycles. The average molecular weight is 283 g/mol. The number of hydrogen-bond donors (Lipinski definition) is 0. The summed E-state index contributed by atoms with van der Waals surface area (Å²) in [5.41, 5.74) is 3.00. The molecule has 1 unspecified atom stereocenters. The number of fused-ring (bicyclic) bond motifs is 1. The van der Waals surface area contributed by atoms with Gasteiger partial charge in [0.05, 0.1) is 12.4 Å². The third-order valence-electron chi connectivity index (χ3n) is 3.90. The molecule has 6 nitrogen and oxygen atoms in total. The lowest BCUT2D eigenvalue weighted by Crippen LogP contribution is -2.19. The largest absolute Gasteiger partial charge is 0.356 e. The molecule has 0 bridgehead atoms. The van der Waals surface area contributed by atoms with E-state index in [4.69, 9.17) is 4.74 Å². The Kier molecular flexibility index (Phi) is 2.96. The molecule has 1 aliphatic heterocycles. The fourth-order valence-electron chi connectivity index (χ4n) is 2.80. The van der Waals surface area contributed by atoms with Gasteiger partial charge in [-0.2, -0.15) is 10.2 Å². The van der Waals surface area contributed by atoms with Gasteiger partial charge >= 0.3 is 0 Å². The molecule has 0 saturated carbocycles. The second kappa shape index (κ2) is 4.96. The molecule has 0 aliphatic carbocycles. The van der Waals surface area contributed by atoms with Crippen LogP contribution in [0, 0.1) is 0 Å². The predicted molar refractivity (Wildman–Crippen MR) is 78.6 cm³/mol. The third-order valence-corrected chi connectivity index (χ3v) is 3.90. The van der Waals surface area contributed by atoms with E-state index >= 15 is 0 Å². The Bertz CT molecular complexity index is 769. The van der Waals surface area contributed by atoms with Crippen LogP contribution in [0.1, 0.15) is 25.5 Å². The highest BCUT2D eigenvalue weighted by Gasteiger charge is 2.19. The van der Waals surface area contributed by atoms with Crippen molar-refractivity contribution in [2.45, 2.75) is 25.5 Å². The van der Waals surface area contributed by atoms with E-state index in [2.05, 4.69) is 21.2 Å². The molecular formula is C15H17N5O. The third kappa shape index (κ3) is 2.21. The lowest BCUT2D eigenvalue weighted by molar-refractivity contribution is -0.0370. The molecule has 3 aromatic rings. The molecule has 4 rings (SSSR count). The van der Waals surface area contributed by atoms with Crippen molar-refractivity contribution in [3.63, 3.8) is 0 Å². The number of pyridine rings is 1. The molecular weight excluding hydrogens is 266 g/mol. The van der Waals surface area contributed by atoms with E-state index in [1.165, 1.54) is 6.42 Å². The van der Waals surface area contributed by atoms with Crippen LogP contribution >= 0.6 is 0 Å². The first-order valence-corrected chi connectivity index (χ1v) is 7.25. The molecule has 21 heavy (non-hydrogen) atoms. The van der Waals surface area contributed by atoms with Crippen LogP contribution < -0.4 is 0 Å². The second-order valence-electron chi connectivity index (χ2n) is 5.45. The van der Waals surface area contributed by atoms with E-state index in [-0.39, 0.29) is 6.23 Å². The standard InChI is InChI=1S/C15H17N5O/c1-19-10-13(9-17-19)11-6-12-8-18-20(15(12)16-7-11)14-4-2-3-5-21-14/h6-10,14H,2-5H2,1H3. The molecule has 1 fully saturated rings. The van der Waals surface area contributed by atoms with Gasteiger partial charge < -0.3 is 4.74 Å². The maximum atomic E-state index is 5.80. The zero-order chi connectivity index (χ0) is 14.2. The van der Waals surface area contributed by atoms with Crippen molar-refractivity contribution in [1.29, 1.82) is 0 Å². The zero-order valence-corrected chi connectivity index (χ0v) is 11.9. The van der Waals surface area contributed by atoms with Crippen LogP contribution in [0.25, 0.3) is 22.2 Å². The highest BCUT2D eigenvalue weighted by molar-refractivity contribution is 5.80. The Hall–Kier alpha value is -2.21. The lowest BCUT2D eigenvalue weighted by Gasteiger charge is -2.22. The molecule has 1 atom stereocenters. The summed E-state index contributed by atoms with van der Waals surface area (Å²) in [6.45, 7) is 0.805. The van der Waals surface area contributed by atoms with E-state index in [9.17, 15) is 0 Å². The smallest absolute Gasteiger partial charge is 0.160 e. The first kappa shape index (κ1) is 12.5. The molecule has 0 amide bonds. The Morgan fingerprint density at radius 2 is 2.10 bits per heavy atom. The van der Waals surface area contributed by atoms with Crippen molar-refractivity contribution >= 4 is 11.0 Å². The minimum atomic E-state index is 0.0213. The van der Waals surface area contributed by atoms with Crippen LogP contribution in [0.5, 0.6) is 0 Å². The van der Waals surface area contributed by atoms with Crippen LogP contribution in [-0.4, -0.2) is 31.2 Å². The lowest BCUT2D eigenvalue weighted by atomic mass is 10.1. The van der Waals surface area contributed by atoms with Crippen LogP contribution in [0.2, 0.25) is 0 Å². The molecule has 108 valence electrons. The number of ether oxygens (including phenoxy) is 1. The van der Waals surface area contributed by atoms with Crippen LogP contribution in [0.3, 0.4) is 0 Å². The van der Waals surface area contributed by atoms with E-state index in [0.717, 1.165) is 41.6 Å². The molecule has 1 saturated heterocycles. The quantitative estimate of drug-likeness (QED) is 0.725. The maximum Gasteiger partial charge on any atom is 0.160 e. The summed E-state index contributed by atoms with van der Waals surface area (Å²) in [5, 5.41) is 9.70. The molecule has 0 aromatic carbocycles. The molecule has 0 spiro atoms. The van der Waals surface area contributed by atoms with Crippen molar-refractivity contribution in [2.75, 3.05) is 6.61 Å². The molecule has 0 radical (unpaired) electrons.